The Morgan fingerprint density at radius 2 is 2.40 bits per heavy atom. The minimum absolute atomic E-state index is 0.561. The number of fused-ring (bicyclic) bond motifs is 1. The average molecular weight is 207 g/mol. The van der Waals surface area contributed by atoms with Crippen LogP contribution in [0.1, 0.15) is 36.6 Å². The van der Waals surface area contributed by atoms with Crippen LogP contribution in [0, 0.1) is 5.92 Å². The summed E-state index contributed by atoms with van der Waals surface area (Å²) in [6.07, 6.45) is 2.88. The maximum atomic E-state index is 10.9. The van der Waals surface area contributed by atoms with E-state index in [4.69, 9.17) is 0 Å². The molecule has 0 spiro atoms. The second-order valence-corrected chi connectivity index (χ2v) is 4.41. The van der Waals surface area contributed by atoms with E-state index < -0.39 is 0 Å². The number of nitrogens with one attached hydrogen (secondary N) is 1. The first-order valence-electron chi connectivity index (χ1n) is 5.51. The van der Waals surface area contributed by atoms with Gasteiger partial charge in [0.05, 0.1) is 0 Å². The third kappa shape index (κ3) is 1.89. The molecular formula is C11H17N3O. The molecule has 0 aromatic carbocycles. The van der Waals surface area contributed by atoms with Crippen LogP contribution >= 0.6 is 0 Å². The molecule has 1 aliphatic rings. The number of hydrogen-bond donors (Lipinski definition) is 1. The molecule has 0 bridgehead atoms. The number of aldehydes is 1. The molecule has 15 heavy (non-hydrogen) atoms. The first-order valence-corrected chi connectivity index (χ1v) is 5.51. The highest BCUT2D eigenvalue weighted by molar-refractivity contribution is 5.80. The summed E-state index contributed by atoms with van der Waals surface area (Å²) in [6, 6.07) is 0. The number of hydrogen-bond acceptors (Lipinski definition) is 3. The lowest BCUT2D eigenvalue weighted by atomic mass is 10.1. The van der Waals surface area contributed by atoms with Crippen molar-refractivity contribution in [3.8, 4) is 0 Å². The van der Waals surface area contributed by atoms with Gasteiger partial charge in [0.1, 0.15) is 17.3 Å². The molecule has 4 heteroatoms. The Morgan fingerprint density at radius 1 is 1.60 bits per heavy atom. The molecule has 1 aromatic rings. The molecule has 0 atom stereocenters. The van der Waals surface area contributed by atoms with E-state index in [9.17, 15) is 4.79 Å². The Labute approximate surface area is 89.7 Å². The zero-order valence-electron chi connectivity index (χ0n) is 9.29. The Hall–Kier alpha value is -1.32. The molecule has 82 valence electrons. The van der Waals surface area contributed by atoms with Gasteiger partial charge in [-0.05, 0) is 12.3 Å². The Kier molecular flexibility index (Phi) is 2.75. The zero-order valence-corrected chi connectivity index (χ0v) is 9.29. The maximum absolute atomic E-state index is 10.9. The smallest absolute Gasteiger partial charge is 0.172 e. The summed E-state index contributed by atoms with van der Waals surface area (Å²) in [4.78, 5) is 15.2. The number of carbonyl (C=O) groups excluding carboxylic acids is 1. The molecule has 0 saturated carbocycles. The molecule has 0 saturated heterocycles. The summed E-state index contributed by atoms with van der Waals surface area (Å²) in [6.45, 7) is 6.25. The summed E-state index contributed by atoms with van der Waals surface area (Å²) in [7, 11) is 0. The van der Waals surface area contributed by atoms with Gasteiger partial charge in [0, 0.05) is 19.5 Å². The van der Waals surface area contributed by atoms with E-state index in [1.807, 2.05) is 0 Å². The molecule has 1 N–H and O–H groups in total. The van der Waals surface area contributed by atoms with Crippen molar-refractivity contribution in [3.63, 3.8) is 0 Å². The Balaban J connectivity index is 2.37. The maximum Gasteiger partial charge on any atom is 0.172 e. The number of aromatic nitrogens is 2. The van der Waals surface area contributed by atoms with Gasteiger partial charge in [0.25, 0.3) is 0 Å². The minimum atomic E-state index is 0.561. The largest absolute Gasteiger partial charge is 0.369 e. The molecule has 0 unspecified atom stereocenters. The van der Waals surface area contributed by atoms with Crippen LogP contribution in [0.25, 0.3) is 0 Å². The average Bonchev–Trinajstić information content (AvgIpc) is 2.56. The van der Waals surface area contributed by atoms with Crippen molar-refractivity contribution in [2.75, 3.05) is 11.9 Å². The molecule has 0 amide bonds. The molecular weight excluding hydrogens is 190 g/mol. The fraction of sp³-hybridized carbons (Fsp3) is 0.636. The van der Waals surface area contributed by atoms with Crippen LogP contribution < -0.4 is 5.32 Å². The highest BCUT2D eigenvalue weighted by Crippen LogP contribution is 2.22. The summed E-state index contributed by atoms with van der Waals surface area (Å²) in [5, 5.41) is 3.24. The van der Waals surface area contributed by atoms with Crippen LogP contribution in [0.5, 0.6) is 0 Å². The van der Waals surface area contributed by atoms with Crippen LogP contribution in [0.4, 0.5) is 5.82 Å². The van der Waals surface area contributed by atoms with Gasteiger partial charge in [0.15, 0.2) is 6.29 Å². The van der Waals surface area contributed by atoms with Gasteiger partial charge in [-0.2, -0.15) is 0 Å². The van der Waals surface area contributed by atoms with E-state index >= 15 is 0 Å². The van der Waals surface area contributed by atoms with Crippen molar-refractivity contribution >= 4 is 12.1 Å². The van der Waals surface area contributed by atoms with Crippen LogP contribution in [0.3, 0.4) is 0 Å². The highest BCUT2D eigenvalue weighted by Gasteiger charge is 2.19. The van der Waals surface area contributed by atoms with Crippen molar-refractivity contribution in [2.24, 2.45) is 5.92 Å². The predicted molar refractivity (Wildman–Crippen MR) is 59.3 cm³/mol. The molecule has 2 rings (SSSR count). The molecule has 0 aliphatic carbocycles. The van der Waals surface area contributed by atoms with E-state index in [0.29, 0.717) is 11.6 Å². The summed E-state index contributed by atoms with van der Waals surface area (Å²) in [5.41, 5.74) is 0.561. The Bertz CT molecular complexity index is 368. The summed E-state index contributed by atoms with van der Waals surface area (Å²) in [5.74, 6) is 2.51. The van der Waals surface area contributed by atoms with Crippen LogP contribution in [0.2, 0.25) is 0 Å². The molecule has 4 nitrogen and oxygen atoms in total. The number of nitrogens with zero attached hydrogens (tertiary/aromatic N) is 2. The molecule has 0 fully saturated rings. The van der Waals surface area contributed by atoms with Gasteiger partial charge in [-0.3, -0.25) is 4.79 Å². The van der Waals surface area contributed by atoms with Gasteiger partial charge >= 0.3 is 0 Å². The lowest BCUT2D eigenvalue weighted by Gasteiger charge is -2.19. The zero-order chi connectivity index (χ0) is 10.8. The Morgan fingerprint density at radius 3 is 3.07 bits per heavy atom. The van der Waals surface area contributed by atoms with Crippen LogP contribution in [0.15, 0.2) is 0 Å². The number of rotatable bonds is 3. The van der Waals surface area contributed by atoms with Crippen molar-refractivity contribution in [1.82, 2.24) is 9.55 Å². The third-order valence-electron chi connectivity index (χ3n) is 2.63. The lowest BCUT2D eigenvalue weighted by Crippen LogP contribution is -2.19. The van der Waals surface area contributed by atoms with E-state index in [0.717, 1.165) is 43.9 Å². The van der Waals surface area contributed by atoms with Gasteiger partial charge < -0.3 is 9.88 Å². The normalized spacial score (nSPS) is 14.9. The number of carbonyl (C=O) groups is 1. The van der Waals surface area contributed by atoms with Crippen LogP contribution in [-0.4, -0.2) is 22.4 Å². The predicted octanol–water partition coefficient (Wildman–Crippen LogP) is 1.71. The summed E-state index contributed by atoms with van der Waals surface area (Å²) < 4.78 is 2.15. The van der Waals surface area contributed by atoms with Crippen molar-refractivity contribution in [1.29, 1.82) is 0 Å². The monoisotopic (exact) mass is 207 g/mol. The van der Waals surface area contributed by atoms with Gasteiger partial charge in [0.2, 0.25) is 0 Å². The third-order valence-corrected chi connectivity index (χ3v) is 2.63. The molecule has 2 heterocycles. The molecule has 0 radical (unpaired) electrons. The van der Waals surface area contributed by atoms with E-state index in [2.05, 4.69) is 28.7 Å². The van der Waals surface area contributed by atoms with Gasteiger partial charge in [-0.25, -0.2) is 4.98 Å². The fourth-order valence-corrected chi connectivity index (χ4v) is 1.99. The number of imidazole rings is 1. The molecule has 1 aliphatic heterocycles. The van der Waals surface area contributed by atoms with Gasteiger partial charge in [-0.15, -0.1) is 0 Å². The summed E-state index contributed by atoms with van der Waals surface area (Å²) >= 11 is 0. The topological polar surface area (TPSA) is 46.9 Å². The lowest BCUT2D eigenvalue weighted by molar-refractivity contribution is 0.112. The second kappa shape index (κ2) is 4.04. The first kappa shape index (κ1) is 10.2. The van der Waals surface area contributed by atoms with Crippen LogP contribution in [-0.2, 0) is 13.0 Å². The standard InChI is InChI=1S/C11H17N3O/c1-8(2)6-10-13-9(7-15)11-12-4-3-5-14(10)11/h7-8,12H,3-6H2,1-2H3. The minimum Gasteiger partial charge on any atom is -0.369 e. The van der Waals surface area contributed by atoms with E-state index in [1.54, 1.807) is 0 Å². The van der Waals surface area contributed by atoms with Gasteiger partial charge in [-0.1, -0.05) is 13.8 Å². The second-order valence-electron chi connectivity index (χ2n) is 4.41. The first-order chi connectivity index (χ1) is 7.22. The molecule has 1 aromatic heterocycles. The fourth-order valence-electron chi connectivity index (χ4n) is 1.99. The van der Waals surface area contributed by atoms with Crippen molar-refractivity contribution < 1.29 is 4.79 Å². The van der Waals surface area contributed by atoms with Crippen molar-refractivity contribution in [2.45, 2.75) is 33.2 Å². The quantitative estimate of drug-likeness (QED) is 0.767. The van der Waals surface area contributed by atoms with Crippen molar-refractivity contribution in [3.05, 3.63) is 11.5 Å². The van der Waals surface area contributed by atoms with E-state index in [1.165, 1.54) is 0 Å². The number of anilines is 1. The SMILES string of the molecule is CC(C)Cc1nc(C=O)c2n1CCCN2. The highest BCUT2D eigenvalue weighted by atomic mass is 16.1. The van der Waals surface area contributed by atoms with E-state index in [-0.39, 0.29) is 0 Å².